The summed E-state index contributed by atoms with van der Waals surface area (Å²) in [5, 5.41) is 2.43. The van der Waals surface area contributed by atoms with E-state index < -0.39 is 59.0 Å². The van der Waals surface area contributed by atoms with Gasteiger partial charge in [-0.05, 0) is 32.3 Å². The number of carbonyl (C=O) groups excluding carboxylic acids is 3. The Morgan fingerprint density at radius 2 is 2.03 bits per heavy atom. The summed E-state index contributed by atoms with van der Waals surface area (Å²) < 4.78 is 49.6. The van der Waals surface area contributed by atoms with Gasteiger partial charge >= 0.3 is 6.16 Å². The van der Waals surface area contributed by atoms with E-state index >= 15 is 0 Å². The highest BCUT2D eigenvalue weighted by Gasteiger charge is 2.50. The number of ether oxygens (including phenoxy) is 4. The molecule has 204 valence electrons. The predicted molar refractivity (Wildman–Crippen MR) is 128 cm³/mol. The van der Waals surface area contributed by atoms with Crippen LogP contribution in [0.3, 0.4) is 0 Å². The Hall–Kier alpha value is -3.80. The van der Waals surface area contributed by atoms with Crippen LogP contribution >= 0.6 is 0 Å². The van der Waals surface area contributed by atoms with Crippen molar-refractivity contribution in [2.45, 2.75) is 52.3 Å². The van der Waals surface area contributed by atoms with Crippen molar-refractivity contribution in [3.05, 3.63) is 63.1 Å². The smallest absolute Gasteiger partial charge is 0.451 e. The Bertz CT molecular complexity index is 1310. The minimum Gasteiger partial charge on any atom is -0.451 e. The van der Waals surface area contributed by atoms with E-state index in [9.17, 15) is 28.0 Å². The molecule has 3 heterocycles. The lowest BCUT2D eigenvalue weighted by Crippen LogP contribution is -2.52. The first-order valence-electron chi connectivity index (χ1n) is 12.2. The first-order valence-corrected chi connectivity index (χ1v) is 12.2. The van der Waals surface area contributed by atoms with Crippen LogP contribution in [0.1, 0.15) is 59.5 Å². The van der Waals surface area contributed by atoms with Gasteiger partial charge in [0.2, 0.25) is 12.2 Å². The van der Waals surface area contributed by atoms with Crippen molar-refractivity contribution < 1.29 is 42.1 Å². The summed E-state index contributed by atoms with van der Waals surface area (Å²) in [4.78, 5) is 51.7. The maximum atomic E-state index is 14.0. The Morgan fingerprint density at radius 1 is 1.24 bits per heavy atom. The number of carbonyl (C=O) groups is 3. The zero-order valence-electron chi connectivity index (χ0n) is 21.0. The van der Waals surface area contributed by atoms with Crippen LogP contribution in [0.15, 0.2) is 29.2 Å². The monoisotopic (exact) mass is 534 g/mol. The Balaban J connectivity index is 1.65. The Kier molecular flexibility index (Phi) is 8.10. The predicted octanol–water partition coefficient (Wildman–Crippen LogP) is 3.34. The third-order valence-corrected chi connectivity index (χ3v) is 6.71. The number of aromatic nitrogens is 1. The van der Waals surface area contributed by atoms with Gasteiger partial charge in [-0.15, -0.1) is 0 Å². The number of ketones is 1. The Morgan fingerprint density at radius 3 is 2.76 bits per heavy atom. The summed E-state index contributed by atoms with van der Waals surface area (Å²) in [6.45, 7) is 3.26. The molecule has 0 saturated carbocycles. The molecule has 38 heavy (non-hydrogen) atoms. The molecule has 4 rings (SSSR count). The minimum absolute atomic E-state index is 0.00910. The van der Waals surface area contributed by atoms with E-state index in [1.54, 1.807) is 13.8 Å². The largest absolute Gasteiger partial charge is 0.511 e. The zero-order chi connectivity index (χ0) is 27.4. The van der Waals surface area contributed by atoms with E-state index in [2.05, 4.69) is 5.32 Å². The molecule has 0 radical (unpaired) electrons. The third-order valence-electron chi connectivity index (χ3n) is 6.71. The van der Waals surface area contributed by atoms with Gasteiger partial charge in [-0.3, -0.25) is 14.4 Å². The second kappa shape index (κ2) is 11.3. The molecule has 1 saturated heterocycles. The molecule has 0 aliphatic carbocycles. The SMILES string of the molecule is CCCOC(=O)OCOc1c2n(cc(C(=O)NCc3ccc(F)cc3F)c1=O)C[C@@H]1OCCC[C@]1(C)C2=O. The lowest BCUT2D eigenvalue weighted by atomic mass is 9.71. The van der Waals surface area contributed by atoms with E-state index in [-0.39, 0.29) is 36.5 Å². The second-order valence-electron chi connectivity index (χ2n) is 9.33. The van der Waals surface area contributed by atoms with Gasteiger partial charge in [0.25, 0.3) is 5.91 Å². The van der Waals surface area contributed by atoms with E-state index in [1.165, 1.54) is 16.8 Å². The molecule has 2 aliphatic heterocycles. The number of pyridine rings is 1. The van der Waals surface area contributed by atoms with Crippen molar-refractivity contribution in [1.29, 1.82) is 0 Å². The van der Waals surface area contributed by atoms with Crippen LogP contribution < -0.4 is 15.5 Å². The molecular weight excluding hydrogens is 506 g/mol. The molecular formula is C26H28F2N2O8. The number of benzene rings is 1. The normalized spacial score (nSPS) is 20.2. The van der Waals surface area contributed by atoms with Gasteiger partial charge < -0.3 is 28.8 Å². The number of amides is 1. The molecule has 1 aromatic carbocycles. The Labute approximate surface area is 216 Å². The molecule has 1 amide bonds. The van der Waals surface area contributed by atoms with Gasteiger partial charge in [-0.25, -0.2) is 13.6 Å². The maximum absolute atomic E-state index is 14.0. The fourth-order valence-electron chi connectivity index (χ4n) is 4.58. The molecule has 1 fully saturated rings. The highest BCUT2D eigenvalue weighted by atomic mass is 19.1. The van der Waals surface area contributed by atoms with Gasteiger partial charge in [-0.2, -0.15) is 0 Å². The van der Waals surface area contributed by atoms with Crippen molar-refractivity contribution in [2.24, 2.45) is 5.41 Å². The van der Waals surface area contributed by atoms with Crippen LogP contribution in [0.5, 0.6) is 5.75 Å². The van der Waals surface area contributed by atoms with Gasteiger partial charge in [0.1, 0.15) is 22.9 Å². The summed E-state index contributed by atoms with van der Waals surface area (Å²) >= 11 is 0. The summed E-state index contributed by atoms with van der Waals surface area (Å²) in [6.07, 6.45) is 1.49. The number of rotatable bonds is 8. The van der Waals surface area contributed by atoms with Gasteiger partial charge in [0.15, 0.2) is 11.5 Å². The average Bonchev–Trinajstić information content (AvgIpc) is 2.88. The molecule has 1 aromatic heterocycles. The number of Topliss-reactive ketones (excluding diaryl/α,β-unsaturated/α-hetero) is 1. The van der Waals surface area contributed by atoms with Gasteiger partial charge in [-0.1, -0.05) is 13.0 Å². The van der Waals surface area contributed by atoms with Crippen LogP contribution in [-0.4, -0.2) is 48.5 Å². The molecule has 2 aromatic rings. The molecule has 1 N–H and O–H groups in total. The first kappa shape index (κ1) is 27.2. The molecule has 2 atom stereocenters. The number of nitrogens with zero attached hydrogens (tertiary/aromatic N) is 1. The lowest BCUT2D eigenvalue weighted by molar-refractivity contribution is -0.0743. The minimum atomic E-state index is -1.02. The topological polar surface area (TPSA) is 122 Å². The van der Waals surface area contributed by atoms with Crippen LogP contribution in [-0.2, 0) is 27.3 Å². The van der Waals surface area contributed by atoms with Crippen molar-refractivity contribution in [3.8, 4) is 5.75 Å². The fraction of sp³-hybridized carbons (Fsp3) is 0.462. The molecule has 2 aliphatic rings. The number of fused-ring (bicyclic) bond motifs is 2. The molecule has 10 nitrogen and oxygen atoms in total. The molecule has 0 spiro atoms. The van der Waals surface area contributed by atoms with Crippen LogP contribution in [0, 0.1) is 17.0 Å². The third kappa shape index (κ3) is 5.40. The van der Waals surface area contributed by atoms with E-state index in [4.69, 9.17) is 18.9 Å². The summed E-state index contributed by atoms with van der Waals surface area (Å²) in [5.41, 5.74) is -2.26. The summed E-state index contributed by atoms with van der Waals surface area (Å²) in [7, 11) is 0. The van der Waals surface area contributed by atoms with Crippen molar-refractivity contribution in [3.63, 3.8) is 0 Å². The van der Waals surface area contributed by atoms with Gasteiger partial charge in [0.05, 0.1) is 24.7 Å². The van der Waals surface area contributed by atoms with Crippen molar-refractivity contribution in [1.82, 2.24) is 9.88 Å². The zero-order valence-corrected chi connectivity index (χ0v) is 21.0. The highest BCUT2D eigenvalue weighted by Crippen LogP contribution is 2.42. The molecule has 0 bridgehead atoms. The first-order chi connectivity index (χ1) is 18.2. The standard InChI is InChI=1S/C26H28F2N2O8/c1-3-8-36-25(34)38-14-37-22-20-23(32)26(2)7-4-9-35-19(26)13-30(20)12-17(21(22)31)24(33)29-11-15-5-6-16(27)10-18(15)28/h5-6,10,12,19H,3-4,7-9,11,13-14H2,1-2H3,(H,29,33)/t19-,26-/m0/s1. The number of halogens is 2. The van der Waals surface area contributed by atoms with Crippen LogP contribution in [0.2, 0.25) is 0 Å². The maximum Gasteiger partial charge on any atom is 0.511 e. The van der Waals surface area contributed by atoms with Crippen LogP contribution in [0.4, 0.5) is 13.6 Å². The van der Waals surface area contributed by atoms with Crippen molar-refractivity contribution >= 4 is 17.8 Å². The lowest BCUT2D eigenvalue weighted by Gasteiger charge is -2.44. The number of nitrogens with one attached hydrogen (secondary N) is 1. The van der Waals surface area contributed by atoms with Crippen LogP contribution in [0.25, 0.3) is 0 Å². The average molecular weight is 535 g/mol. The van der Waals surface area contributed by atoms with E-state index in [0.29, 0.717) is 31.9 Å². The quantitative estimate of drug-likeness (QED) is 0.404. The van der Waals surface area contributed by atoms with E-state index in [1.807, 2.05) is 0 Å². The van der Waals surface area contributed by atoms with Gasteiger partial charge in [0, 0.05) is 31.0 Å². The second-order valence-corrected chi connectivity index (χ2v) is 9.33. The summed E-state index contributed by atoms with van der Waals surface area (Å²) in [6, 6.07) is 2.90. The molecule has 0 unspecified atom stereocenters. The highest BCUT2D eigenvalue weighted by molar-refractivity contribution is 6.03. The fourth-order valence-corrected chi connectivity index (χ4v) is 4.58. The number of hydrogen-bond donors (Lipinski definition) is 1. The van der Waals surface area contributed by atoms with Crippen molar-refractivity contribution in [2.75, 3.05) is 20.0 Å². The number of hydrogen-bond acceptors (Lipinski definition) is 8. The van der Waals surface area contributed by atoms with E-state index in [0.717, 1.165) is 6.07 Å². The molecule has 12 heteroatoms. The summed E-state index contributed by atoms with van der Waals surface area (Å²) in [5.74, 6) is -3.34.